The molecule has 0 spiro atoms. The summed E-state index contributed by atoms with van der Waals surface area (Å²) in [4.78, 5) is 49.0. The summed E-state index contributed by atoms with van der Waals surface area (Å²) in [7, 11) is 0. The van der Waals surface area contributed by atoms with E-state index in [1.54, 1.807) is 22.8 Å². The van der Waals surface area contributed by atoms with Crippen molar-refractivity contribution >= 4 is 39.4 Å². The maximum Gasteiger partial charge on any atom is 0.267 e. The SMILES string of the molecule is Cc1cccc(-n2c([C@@H]3CCCN3c3ncnc4nc[nH]c(=O)c34)nc3cccc(Cl)c3c2=O)c1. The van der Waals surface area contributed by atoms with Crippen LogP contribution in [-0.4, -0.2) is 36.0 Å². The minimum atomic E-state index is -0.314. The Bertz CT molecular complexity index is 1720. The number of H-pyrrole nitrogens is 1. The van der Waals surface area contributed by atoms with Crippen LogP contribution in [0.5, 0.6) is 0 Å². The van der Waals surface area contributed by atoms with Crippen molar-refractivity contribution in [3.63, 3.8) is 0 Å². The molecule has 0 amide bonds. The molecule has 0 bridgehead atoms. The van der Waals surface area contributed by atoms with Gasteiger partial charge in [-0.15, -0.1) is 0 Å². The van der Waals surface area contributed by atoms with Crippen molar-refractivity contribution < 1.29 is 0 Å². The third-order valence-corrected chi connectivity index (χ3v) is 6.69. The van der Waals surface area contributed by atoms with E-state index < -0.39 is 0 Å². The Morgan fingerprint density at radius 1 is 1.06 bits per heavy atom. The highest BCUT2D eigenvalue weighted by Crippen LogP contribution is 2.37. The summed E-state index contributed by atoms with van der Waals surface area (Å²) < 4.78 is 1.63. The second-order valence-corrected chi connectivity index (χ2v) is 8.97. The summed E-state index contributed by atoms with van der Waals surface area (Å²) in [6.07, 6.45) is 4.30. The van der Waals surface area contributed by atoms with Crippen LogP contribution in [-0.2, 0) is 0 Å². The van der Waals surface area contributed by atoms with E-state index in [1.807, 2.05) is 36.1 Å². The van der Waals surface area contributed by atoms with Crippen molar-refractivity contribution in [2.24, 2.45) is 0 Å². The monoisotopic (exact) mass is 485 g/mol. The first kappa shape index (κ1) is 21.4. The average molecular weight is 486 g/mol. The molecule has 0 unspecified atom stereocenters. The number of anilines is 1. The molecule has 10 heteroatoms. The zero-order chi connectivity index (χ0) is 24.1. The fourth-order valence-corrected chi connectivity index (χ4v) is 5.10. The molecule has 1 fully saturated rings. The van der Waals surface area contributed by atoms with Gasteiger partial charge in [0.2, 0.25) is 0 Å². The molecule has 174 valence electrons. The summed E-state index contributed by atoms with van der Waals surface area (Å²) in [5.41, 5.74) is 2.02. The Kier molecular flexibility index (Phi) is 5.07. The lowest BCUT2D eigenvalue weighted by molar-refractivity contribution is 0.634. The Hall–Kier alpha value is -4.11. The molecule has 1 aliphatic rings. The highest BCUT2D eigenvalue weighted by Gasteiger charge is 2.33. The first-order chi connectivity index (χ1) is 17.0. The number of nitrogens with one attached hydrogen (secondary N) is 1. The van der Waals surface area contributed by atoms with Gasteiger partial charge in [0.25, 0.3) is 11.1 Å². The summed E-state index contributed by atoms with van der Waals surface area (Å²) in [5, 5.41) is 1.04. The molecule has 0 aliphatic carbocycles. The number of aromatic nitrogens is 6. The van der Waals surface area contributed by atoms with Gasteiger partial charge in [-0.3, -0.25) is 14.2 Å². The summed E-state index contributed by atoms with van der Waals surface area (Å²) in [6.45, 7) is 2.62. The molecule has 35 heavy (non-hydrogen) atoms. The van der Waals surface area contributed by atoms with E-state index >= 15 is 0 Å². The number of aromatic amines is 1. The molecular formula is C25H20ClN7O2. The van der Waals surface area contributed by atoms with Gasteiger partial charge >= 0.3 is 0 Å². The lowest BCUT2D eigenvalue weighted by atomic mass is 10.1. The normalized spacial score (nSPS) is 15.8. The van der Waals surface area contributed by atoms with Gasteiger partial charge in [-0.25, -0.2) is 19.9 Å². The van der Waals surface area contributed by atoms with Gasteiger partial charge in [-0.1, -0.05) is 29.8 Å². The van der Waals surface area contributed by atoms with Gasteiger partial charge in [-0.05, 0) is 49.6 Å². The molecule has 1 saturated heterocycles. The average Bonchev–Trinajstić information content (AvgIpc) is 3.33. The molecule has 2 aromatic carbocycles. The van der Waals surface area contributed by atoms with Crippen molar-refractivity contribution in [2.45, 2.75) is 25.8 Å². The van der Waals surface area contributed by atoms with Crippen LogP contribution in [0.15, 0.2) is 64.7 Å². The summed E-state index contributed by atoms with van der Waals surface area (Å²) in [6, 6.07) is 12.7. The van der Waals surface area contributed by atoms with E-state index in [2.05, 4.69) is 19.9 Å². The molecule has 5 aromatic rings. The second kappa shape index (κ2) is 8.28. The van der Waals surface area contributed by atoms with Gasteiger partial charge in [0.15, 0.2) is 5.65 Å². The zero-order valence-electron chi connectivity index (χ0n) is 18.8. The number of nitrogens with zero attached hydrogens (tertiary/aromatic N) is 6. The largest absolute Gasteiger partial charge is 0.346 e. The third-order valence-electron chi connectivity index (χ3n) is 6.37. The van der Waals surface area contributed by atoms with E-state index in [4.69, 9.17) is 16.6 Å². The fraction of sp³-hybridized carbons (Fsp3) is 0.200. The number of hydrogen-bond acceptors (Lipinski definition) is 7. The van der Waals surface area contributed by atoms with E-state index in [0.29, 0.717) is 50.8 Å². The third kappa shape index (κ3) is 3.47. The lowest BCUT2D eigenvalue weighted by Gasteiger charge is -2.28. The summed E-state index contributed by atoms with van der Waals surface area (Å²) >= 11 is 6.45. The molecule has 1 aliphatic heterocycles. The van der Waals surface area contributed by atoms with Gasteiger partial charge in [0.1, 0.15) is 23.4 Å². The predicted octanol–water partition coefficient (Wildman–Crippen LogP) is 3.72. The molecule has 3 aromatic heterocycles. The van der Waals surface area contributed by atoms with Crippen molar-refractivity contribution in [3.05, 3.63) is 92.2 Å². The molecule has 0 radical (unpaired) electrons. The molecule has 4 heterocycles. The van der Waals surface area contributed by atoms with E-state index in [0.717, 1.165) is 18.4 Å². The number of halogens is 1. The number of fused-ring (bicyclic) bond motifs is 2. The van der Waals surface area contributed by atoms with Gasteiger partial charge in [0, 0.05) is 6.54 Å². The second-order valence-electron chi connectivity index (χ2n) is 8.56. The first-order valence-corrected chi connectivity index (χ1v) is 11.6. The fourth-order valence-electron chi connectivity index (χ4n) is 4.85. The van der Waals surface area contributed by atoms with Crippen LogP contribution in [0, 0.1) is 6.92 Å². The number of benzene rings is 2. The van der Waals surface area contributed by atoms with Crippen LogP contribution in [0.25, 0.3) is 27.6 Å². The zero-order valence-corrected chi connectivity index (χ0v) is 19.5. The van der Waals surface area contributed by atoms with Crippen LogP contribution in [0.2, 0.25) is 5.02 Å². The van der Waals surface area contributed by atoms with E-state index in [-0.39, 0.29) is 17.2 Å². The highest BCUT2D eigenvalue weighted by atomic mass is 35.5. The minimum absolute atomic E-state index is 0.236. The van der Waals surface area contributed by atoms with Gasteiger partial charge in [-0.2, -0.15) is 0 Å². The van der Waals surface area contributed by atoms with E-state index in [9.17, 15) is 9.59 Å². The molecular weight excluding hydrogens is 466 g/mol. The maximum atomic E-state index is 13.9. The topological polar surface area (TPSA) is 110 Å². The van der Waals surface area contributed by atoms with Gasteiger partial charge < -0.3 is 9.88 Å². The van der Waals surface area contributed by atoms with Crippen molar-refractivity contribution in [1.82, 2.24) is 29.5 Å². The van der Waals surface area contributed by atoms with Crippen LogP contribution < -0.4 is 16.0 Å². The molecule has 0 saturated carbocycles. The number of rotatable bonds is 3. The standard InChI is InChI=1S/C25H20ClN7O2/c1-14-5-2-6-15(11-14)33-22(31-17-8-3-7-16(26)19(17)25(33)35)18-9-4-10-32(18)23-20-21(27-12-29-23)28-13-30-24(20)34/h2-3,5-8,11-13,18H,4,9-10H2,1H3,(H,27,28,29,30,34)/t18-/m0/s1. The highest BCUT2D eigenvalue weighted by molar-refractivity contribution is 6.35. The Morgan fingerprint density at radius 2 is 1.91 bits per heavy atom. The first-order valence-electron chi connectivity index (χ1n) is 11.3. The maximum absolute atomic E-state index is 13.9. The molecule has 9 nitrogen and oxygen atoms in total. The number of aryl methyl sites for hydroxylation is 1. The smallest absolute Gasteiger partial charge is 0.267 e. The van der Waals surface area contributed by atoms with Gasteiger partial charge in [0.05, 0.1) is 34.0 Å². The predicted molar refractivity (Wildman–Crippen MR) is 134 cm³/mol. The van der Waals surface area contributed by atoms with Crippen LogP contribution in [0.1, 0.15) is 30.3 Å². The van der Waals surface area contributed by atoms with Crippen LogP contribution in [0.3, 0.4) is 0 Å². The van der Waals surface area contributed by atoms with Crippen molar-refractivity contribution in [1.29, 1.82) is 0 Å². The Labute approximate surface area is 204 Å². The van der Waals surface area contributed by atoms with Crippen LogP contribution in [0.4, 0.5) is 5.82 Å². The Balaban J connectivity index is 1.63. The lowest BCUT2D eigenvalue weighted by Crippen LogP contribution is -2.32. The minimum Gasteiger partial charge on any atom is -0.346 e. The molecule has 1 atom stereocenters. The molecule has 1 N–H and O–H groups in total. The van der Waals surface area contributed by atoms with Crippen molar-refractivity contribution in [2.75, 3.05) is 11.4 Å². The molecule has 6 rings (SSSR count). The van der Waals surface area contributed by atoms with E-state index in [1.165, 1.54) is 12.7 Å². The van der Waals surface area contributed by atoms with Crippen LogP contribution >= 0.6 is 11.6 Å². The Morgan fingerprint density at radius 3 is 2.77 bits per heavy atom. The number of hydrogen-bond donors (Lipinski definition) is 1. The van der Waals surface area contributed by atoms with Crippen molar-refractivity contribution in [3.8, 4) is 5.69 Å². The summed E-state index contributed by atoms with van der Waals surface area (Å²) in [5.74, 6) is 1.04. The quantitative estimate of drug-likeness (QED) is 0.414.